The number of amides is 1. The maximum atomic E-state index is 13.3. The summed E-state index contributed by atoms with van der Waals surface area (Å²) in [5.41, 5.74) is 1.89. The third-order valence-corrected chi connectivity index (χ3v) is 6.05. The number of carboxylic acid groups (broad SMARTS) is 1. The van der Waals surface area contributed by atoms with Crippen molar-refractivity contribution in [1.29, 1.82) is 0 Å². The van der Waals surface area contributed by atoms with Crippen LogP contribution < -0.4 is 5.32 Å². The molecule has 0 aromatic heterocycles. The van der Waals surface area contributed by atoms with E-state index in [2.05, 4.69) is 22.0 Å². The van der Waals surface area contributed by atoms with E-state index < -0.39 is 23.8 Å². The smallest absolute Gasteiger partial charge is 0.475 e. The van der Waals surface area contributed by atoms with E-state index in [9.17, 15) is 26.7 Å². The molecule has 0 radical (unpaired) electrons. The lowest BCUT2D eigenvalue weighted by Crippen LogP contribution is -2.31. The number of aliphatic carboxylic acids is 1. The molecule has 1 aliphatic rings. The first-order valence-electron chi connectivity index (χ1n) is 12.6. The molecule has 6 nitrogen and oxygen atoms in total. The molecule has 2 aromatic carbocycles. The summed E-state index contributed by atoms with van der Waals surface area (Å²) in [5, 5.41) is 9.73. The molecule has 1 heterocycles. The highest BCUT2D eigenvalue weighted by Crippen LogP contribution is 2.16. The van der Waals surface area contributed by atoms with Gasteiger partial charge in [0.25, 0.3) is 5.91 Å². The van der Waals surface area contributed by atoms with Gasteiger partial charge in [0.2, 0.25) is 0 Å². The standard InChI is InChI=1S/C25H33F2N3O.C2HF3O2/c1-2-3-4-5-13-29-14-6-15-30(17-16-29)19-20-7-9-21(10-8-20)25(31)28-22-11-12-23(26)24(27)18-22;3-2(4,5)1(6)7/h7-12,18H,2-6,13-17,19H2,1H3,(H,28,31);(H,6,7). The second-order valence-electron chi connectivity index (χ2n) is 9.11. The van der Waals surface area contributed by atoms with E-state index in [-0.39, 0.29) is 11.6 Å². The molecule has 38 heavy (non-hydrogen) atoms. The Bertz CT molecular complexity index is 1030. The Morgan fingerprint density at radius 1 is 0.895 bits per heavy atom. The Morgan fingerprint density at radius 3 is 2.13 bits per heavy atom. The fourth-order valence-electron chi connectivity index (χ4n) is 3.97. The van der Waals surface area contributed by atoms with Gasteiger partial charge in [-0.1, -0.05) is 38.3 Å². The number of anilines is 1. The molecule has 0 unspecified atom stereocenters. The molecule has 0 aliphatic carbocycles. The van der Waals surface area contributed by atoms with Crippen LogP contribution in [-0.4, -0.2) is 65.7 Å². The minimum atomic E-state index is -5.08. The molecule has 3 rings (SSSR count). The number of hydrogen-bond acceptors (Lipinski definition) is 4. The molecule has 2 aromatic rings. The van der Waals surface area contributed by atoms with Crippen molar-refractivity contribution in [3.8, 4) is 0 Å². The molecular weight excluding hydrogens is 509 g/mol. The summed E-state index contributed by atoms with van der Waals surface area (Å²) in [4.78, 5) is 26.3. The minimum Gasteiger partial charge on any atom is -0.475 e. The molecule has 1 amide bonds. The van der Waals surface area contributed by atoms with Gasteiger partial charge in [-0.3, -0.25) is 9.69 Å². The number of unbranched alkanes of at least 4 members (excludes halogenated alkanes) is 3. The van der Waals surface area contributed by atoms with Crippen molar-refractivity contribution in [2.45, 2.75) is 51.7 Å². The Morgan fingerprint density at radius 2 is 1.53 bits per heavy atom. The molecule has 0 atom stereocenters. The van der Waals surface area contributed by atoms with Crippen LogP contribution in [0.15, 0.2) is 42.5 Å². The Balaban J connectivity index is 0.000000638. The highest BCUT2D eigenvalue weighted by Gasteiger charge is 2.38. The number of halogens is 5. The van der Waals surface area contributed by atoms with Crippen molar-refractivity contribution in [1.82, 2.24) is 9.80 Å². The second kappa shape index (κ2) is 15.4. The highest BCUT2D eigenvalue weighted by molar-refractivity contribution is 6.04. The first-order chi connectivity index (χ1) is 18.0. The molecule has 1 saturated heterocycles. The third kappa shape index (κ3) is 11.1. The number of alkyl halides is 3. The van der Waals surface area contributed by atoms with Gasteiger partial charge in [0.15, 0.2) is 11.6 Å². The average Bonchev–Trinajstić information content (AvgIpc) is 3.09. The zero-order valence-electron chi connectivity index (χ0n) is 21.4. The molecule has 1 aliphatic heterocycles. The Hall–Kier alpha value is -3.05. The van der Waals surface area contributed by atoms with Gasteiger partial charge in [-0.25, -0.2) is 13.6 Å². The predicted octanol–water partition coefficient (Wildman–Crippen LogP) is 5.94. The van der Waals surface area contributed by atoms with Gasteiger partial charge in [-0.15, -0.1) is 0 Å². The summed E-state index contributed by atoms with van der Waals surface area (Å²) in [6, 6.07) is 10.8. The van der Waals surface area contributed by atoms with Crippen molar-refractivity contribution >= 4 is 17.6 Å². The molecule has 0 saturated carbocycles. The maximum Gasteiger partial charge on any atom is 0.490 e. The van der Waals surface area contributed by atoms with Gasteiger partial charge in [0.1, 0.15) is 0 Å². The van der Waals surface area contributed by atoms with Crippen LogP contribution in [0.25, 0.3) is 0 Å². The summed E-state index contributed by atoms with van der Waals surface area (Å²) in [6.07, 6.45) is 1.32. The zero-order chi connectivity index (χ0) is 28.1. The van der Waals surface area contributed by atoms with Crippen LogP contribution in [0.4, 0.5) is 27.6 Å². The lowest BCUT2D eigenvalue weighted by molar-refractivity contribution is -0.192. The van der Waals surface area contributed by atoms with Crippen molar-refractivity contribution < 1.29 is 36.6 Å². The highest BCUT2D eigenvalue weighted by atomic mass is 19.4. The molecule has 1 fully saturated rings. The normalized spacial score (nSPS) is 14.8. The number of benzene rings is 2. The van der Waals surface area contributed by atoms with E-state index in [0.717, 1.165) is 38.3 Å². The number of rotatable bonds is 9. The fraction of sp³-hybridized carbons (Fsp3) is 0.481. The van der Waals surface area contributed by atoms with Gasteiger partial charge in [0.05, 0.1) is 0 Å². The van der Waals surface area contributed by atoms with E-state index in [0.29, 0.717) is 5.56 Å². The van der Waals surface area contributed by atoms with E-state index in [1.165, 1.54) is 56.8 Å². The predicted molar refractivity (Wildman–Crippen MR) is 135 cm³/mol. The van der Waals surface area contributed by atoms with Crippen molar-refractivity contribution in [2.24, 2.45) is 0 Å². The monoisotopic (exact) mass is 543 g/mol. The van der Waals surface area contributed by atoms with Crippen LogP contribution in [0.3, 0.4) is 0 Å². The van der Waals surface area contributed by atoms with Crippen LogP contribution in [0.1, 0.15) is 54.9 Å². The minimum absolute atomic E-state index is 0.233. The average molecular weight is 544 g/mol. The van der Waals surface area contributed by atoms with Gasteiger partial charge < -0.3 is 15.3 Å². The number of carboxylic acids is 1. The molecule has 0 bridgehead atoms. The van der Waals surface area contributed by atoms with Gasteiger partial charge in [-0.05, 0) is 62.3 Å². The Kier molecular flexibility index (Phi) is 12.6. The molecule has 2 N–H and O–H groups in total. The topological polar surface area (TPSA) is 72.9 Å². The maximum absolute atomic E-state index is 13.3. The van der Waals surface area contributed by atoms with Crippen LogP contribution in [0, 0.1) is 11.6 Å². The van der Waals surface area contributed by atoms with Gasteiger partial charge in [-0.2, -0.15) is 13.2 Å². The van der Waals surface area contributed by atoms with E-state index in [4.69, 9.17) is 9.90 Å². The first kappa shape index (κ1) is 31.2. The van der Waals surface area contributed by atoms with Crippen LogP contribution in [0.2, 0.25) is 0 Å². The van der Waals surface area contributed by atoms with Gasteiger partial charge >= 0.3 is 12.1 Å². The summed E-state index contributed by atoms with van der Waals surface area (Å²) in [6.45, 7) is 8.75. The van der Waals surface area contributed by atoms with E-state index in [1.54, 1.807) is 12.1 Å². The second-order valence-corrected chi connectivity index (χ2v) is 9.11. The molecule has 11 heteroatoms. The van der Waals surface area contributed by atoms with Crippen molar-refractivity contribution in [3.05, 3.63) is 65.2 Å². The molecular formula is C27H34F5N3O3. The molecule has 210 valence electrons. The van der Waals surface area contributed by atoms with E-state index in [1.807, 2.05) is 12.1 Å². The largest absolute Gasteiger partial charge is 0.490 e. The lowest BCUT2D eigenvalue weighted by atomic mass is 10.1. The summed E-state index contributed by atoms with van der Waals surface area (Å²) >= 11 is 0. The number of carbonyl (C=O) groups is 2. The van der Waals surface area contributed by atoms with E-state index >= 15 is 0 Å². The lowest BCUT2D eigenvalue weighted by Gasteiger charge is -2.22. The first-order valence-corrected chi connectivity index (χ1v) is 12.6. The SMILES string of the molecule is CCCCCCN1CCCN(Cc2ccc(C(=O)Nc3ccc(F)c(F)c3)cc2)CC1.O=C(O)C(F)(F)F. The Labute approximate surface area is 219 Å². The quantitative estimate of drug-likeness (QED) is 0.303. The summed E-state index contributed by atoms with van der Waals surface area (Å²) < 4.78 is 58.1. The van der Waals surface area contributed by atoms with Gasteiger partial charge in [0, 0.05) is 37.0 Å². The number of hydrogen-bond donors (Lipinski definition) is 2. The number of nitrogens with zero attached hydrogens (tertiary/aromatic N) is 2. The molecule has 0 spiro atoms. The summed E-state index contributed by atoms with van der Waals surface area (Å²) in [5.74, 6) is -5.01. The van der Waals surface area contributed by atoms with Crippen molar-refractivity contribution in [3.63, 3.8) is 0 Å². The number of nitrogens with one attached hydrogen (secondary N) is 1. The van der Waals surface area contributed by atoms with Crippen LogP contribution in [0.5, 0.6) is 0 Å². The zero-order valence-corrected chi connectivity index (χ0v) is 21.4. The fourth-order valence-corrected chi connectivity index (χ4v) is 3.97. The van der Waals surface area contributed by atoms with Crippen molar-refractivity contribution in [2.75, 3.05) is 38.0 Å². The van der Waals surface area contributed by atoms with Crippen LogP contribution in [-0.2, 0) is 11.3 Å². The van der Waals surface area contributed by atoms with Crippen LogP contribution >= 0.6 is 0 Å². The summed E-state index contributed by atoms with van der Waals surface area (Å²) in [7, 11) is 0. The number of carbonyl (C=O) groups excluding carboxylic acids is 1. The third-order valence-electron chi connectivity index (χ3n) is 6.05.